The molecule has 6 heteroatoms. The molecule has 0 aliphatic heterocycles. The van der Waals surface area contributed by atoms with Crippen molar-refractivity contribution in [3.8, 4) is 0 Å². The summed E-state index contributed by atoms with van der Waals surface area (Å²) < 4.78 is 27.6. The molecule has 21 heavy (non-hydrogen) atoms. The van der Waals surface area contributed by atoms with Gasteiger partial charge in [-0.2, -0.15) is 0 Å². The van der Waals surface area contributed by atoms with Gasteiger partial charge in [-0.05, 0) is 43.3 Å². The average Bonchev–Trinajstić information content (AvgIpc) is 2.43. The number of sulfonamides is 1. The standard InChI is InChI=1S/C15H17ClN2O2S/c1-11-12(10-17-2)6-5-9-15(11)21(19,20)18-14-8-4-3-7-13(14)16/h3-9,17-18H,10H2,1-2H3. The second kappa shape index (κ2) is 6.47. The fraction of sp³-hybridized carbons (Fsp3) is 0.200. The van der Waals surface area contributed by atoms with Gasteiger partial charge in [-0.25, -0.2) is 8.42 Å². The van der Waals surface area contributed by atoms with Gasteiger partial charge in [-0.15, -0.1) is 0 Å². The minimum absolute atomic E-state index is 0.259. The fourth-order valence-corrected chi connectivity index (χ4v) is 3.69. The first-order chi connectivity index (χ1) is 9.95. The van der Waals surface area contributed by atoms with E-state index >= 15 is 0 Å². The summed E-state index contributed by atoms with van der Waals surface area (Å²) in [6.45, 7) is 2.41. The predicted molar refractivity (Wildman–Crippen MR) is 86.2 cm³/mol. The predicted octanol–water partition coefficient (Wildman–Crippen LogP) is 3.17. The molecule has 0 heterocycles. The van der Waals surface area contributed by atoms with Gasteiger partial charge < -0.3 is 5.32 Å². The van der Waals surface area contributed by atoms with Gasteiger partial charge in [0.25, 0.3) is 10.0 Å². The number of halogens is 1. The van der Waals surface area contributed by atoms with Crippen LogP contribution in [0.25, 0.3) is 0 Å². The van der Waals surface area contributed by atoms with E-state index in [0.29, 0.717) is 17.3 Å². The number of hydrogen-bond acceptors (Lipinski definition) is 3. The van der Waals surface area contributed by atoms with Crippen molar-refractivity contribution >= 4 is 27.3 Å². The lowest BCUT2D eigenvalue weighted by molar-refractivity contribution is 0.600. The Bertz CT molecular complexity index is 745. The van der Waals surface area contributed by atoms with Crippen LogP contribution in [-0.4, -0.2) is 15.5 Å². The third-order valence-corrected chi connectivity index (χ3v) is 5.01. The van der Waals surface area contributed by atoms with E-state index in [4.69, 9.17) is 11.6 Å². The van der Waals surface area contributed by atoms with Crippen LogP contribution >= 0.6 is 11.6 Å². The molecule has 0 amide bonds. The van der Waals surface area contributed by atoms with Crippen LogP contribution in [0.4, 0.5) is 5.69 Å². The smallest absolute Gasteiger partial charge is 0.262 e. The van der Waals surface area contributed by atoms with Gasteiger partial charge in [0, 0.05) is 6.54 Å². The minimum Gasteiger partial charge on any atom is -0.316 e. The van der Waals surface area contributed by atoms with Gasteiger partial charge in [0.1, 0.15) is 0 Å². The molecule has 0 aliphatic carbocycles. The van der Waals surface area contributed by atoms with Crippen LogP contribution < -0.4 is 10.0 Å². The van der Waals surface area contributed by atoms with Crippen molar-refractivity contribution in [1.82, 2.24) is 5.32 Å². The second-order valence-corrected chi connectivity index (χ2v) is 6.71. The molecule has 0 aromatic heterocycles. The Kier molecular flexibility index (Phi) is 4.88. The van der Waals surface area contributed by atoms with Crippen LogP contribution in [0.5, 0.6) is 0 Å². The van der Waals surface area contributed by atoms with Gasteiger partial charge in [-0.3, -0.25) is 4.72 Å². The van der Waals surface area contributed by atoms with Crippen LogP contribution in [0, 0.1) is 6.92 Å². The van der Waals surface area contributed by atoms with Crippen LogP contribution in [0.3, 0.4) is 0 Å². The normalized spacial score (nSPS) is 11.4. The van der Waals surface area contributed by atoms with Crippen molar-refractivity contribution < 1.29 is 8.42 Å². The Balaban J connectivity index is 2.41. The lowest BCUT2D eigenvalue weighted by atomic mass is 10.1. The number of nitrogens with one attached hydrogen (secondary N) is 2. The first-order valence-corrected chi connectivity index (χ1v) is 8.32. The molecule has 2 rings (SSSR count). The fourth-order valence-electron chi connectivity index (χ4n) is 2.08. The SMILES string of the molecule is CNCc1cccc(S(=O)(=O)Nc2ccccc2Cl)c1C. The van der Waals surface area contributed by atoms with E-state index in [-0.39, 0.29) is 4.90 Å². The summed E-state index contributed by atoms with van der Waals surface area (Å²) in [6, 6.07) is 12.0. The molecule has 2 N–H and O–H groups in total. The molecule has 2 aromatic carbocycles. The molecule has 0 atom stereocenters. The first-order valence-electron chi connectivity index (χ1n) is 6.46. The Morgan fingerprint density at radius 1 is 1.10 bits per heavy atom. The molecule has 0 saturated carbocycles. The molecule has 0 saturated heterocycles. The molecular formula is C15H17ClN2O2S. The summed E-state index contributed by atoms with van der Waals surface area (Å²) >= 11 is 6.00. The molecule has 0 aliphatic rings. The highest BCUT2D eigenvalue weighted by Crippen LogP contribution is 2.26. The summed E-state index contributed by atoms with van der Waals surface area (Å²) in [5.74, 6) is 0. The van der Waals surface area contributed by atoms with E-state index in [9.17, 15) is 8.42 Å². The average molecular weight is 325 g/mol. The molecule has 4 nitrogen and oxygen atoms in total. The summed E-state index contributed by atoms with van der Waals surface area (Å²) in [4.78, 5) is 0.259. The molecule has 2 aromatic rings. The van der Waals surface area contributed by atoms with Crippen LogP contribution in [0.1, 0.15) is 11.1 Å². The maximum absolute atomic E-state index is 12.5. The lowest BCUT2D eigenvalue weighted by Crippen LogP contribution is -2.16. The summed E-state index contributed by atoms with van der Waals surface area (Å²) in [6.07, 6.45) is 0. The van der Waals surface area contributed by atoms with Crippen LogP contribution in [0.15, 0.2) is 47.4 Å². The minimum atomic E-state index is -3.67. The largest absolute Gasteiger partial charge is 0.316 e. The highest BCUT2D eigenvalue weighted by atomic mass is 35.5. The van der Waals surface area contributed by atoms with E-state index < -0.39 is 10.0 Å². The summed E-state index contributed by atoms with van der Waals surface area (Å²) in [5.41, 5.74) is 2.04. The van der Waals surface area contributed by atoms with Crippen molar-refractivity contribution in [2.24, 2.45) is 0 Å². The molecule has 0 bridgehead atoms. The topological polar surface area (TPSA) is 58.2 Å². The maximum Gasteiger partial charge on any atom is 0.262 e. The molecule has 0 unspecified atom stereocenters. The third kappa shape index (κ3) is 3.56. The van der Waals surface area contributed by atoms with Gasteiger partial charge in [-0.1, -0.05) is 35.9 Å². The number of anilines is 1. The van der Waals surface area contributed by atoms with Gasteiger partial charge in [0.2, 0.25) is 0 Å². The third-order valence-electron chi connectivity index (χ3n) is 3.17. The monoisotopic (exact) mass is 324 g/mol. The van der Waals surface area contributed by atoms with Crippen LogP contribution in [0.2, 0.25) is 5.02 Å². The number of para-hydroxylation sites is 1. The van der Waals surface area contributed by atoms with Crippen molar-refractivity contribution in [1.29, 1.82) is 0 Å². The molecular weight excluding hydrogens is 308 g/mol. The van der Waals surface area contributed by atoms with Gasteiger partial charge >= 0.3 is 0 Å². The number of rotatable bonds is 5. The zero-order valence-electron chi connectivity index (χ0n) is 11.9. The molecule has 0 fully saturated rings. The van der Waals surface area contributed by atoms with Crippen molar-refractivity contribution in [2.75, 3.05) is 11.8 Å². The Morgan fingerprint density at radius 3 is 2.48 bits per heavy atom. The van der Waals surface area contributed by atoms with Gasteiger partial charge in [0.05, 0.1) is 15.6 Å². The van der Waals surface area contributed by atoms with Crippen molar-refractivity contribution in [3.63, 3.8) is 0 Å². The maximum atomic E-state index is 12.5. The van der Waals surface area contributed by atoms with E-state index in [1.54, 1.807) is 43.3 Å². The van der Waals surface area contributed by atoms with E-state index in [0.717, 1.165) is 11.1 Å². The zero-order valence-corrected chi connectivity index (χ0v) is 13.4. The molecule has 112 valence electrons. The summed E-state index contributed by atoms with van der Waals surface area (Å²) in [7, 11) is -1.85. The number of benzene rings is 2. The highest BCUT2D eigenvalue weighted by Gasteiger charge is 2.19. The summed E-state index contributed by atoms with van der Waals surface area (Å²) in [5, 5.41) is 3.39. The van der Waals surface area contributed by atoms with Crippen molar-refractivity contribution in [2.45, 2.75) is 18.4 Å². The Morgan fingerprint density at radius 2 is 1.81 bits per heavy atom. The second-order valence-electron chi connectivity index (χ2n) is 4.66. The number of hydrogen-bond donors (Lipinski definition) is 2. The zero-order chi connectivity index (χ0) is 15.5. The van der Waals surface area contributed by atoms with E-state index in [2.05, 4.69) is 10.0 Å². The highest BCUT2D eigenvalue weighted by molar-refractivity contribution is 7.92. The van der Waals surface area contributed by atoms with E-state index in [1.807, 2.05) is 13.1 Å². The van der Waals surface area contributed by atoms with Gasteiger partial charge in [0.15, 0.2) is 0 Å². The Labute approximate surface area is 130 Å². The van der Waals surface area contributed by atoms with Crippen molar-refractivity contribution in [3.05, 3.63) is 58.6 Å². The Hall–Kier alpha value is -1.56. The molecule has 0 spiro atoms. The van der Waals surface area contributed by atoms with Crippen LogP contribution in [-0.2, 0) is 16.6 Å². The van der Waals surface area contributed by atoms with E-state index in [1.165, 1.54) is 0 Å². The molecule has 0 radical (unpaired) electrons. The quantitative estimate of drug-likeness (QED) is 0.888. The first kappa shape index (κ1) is 15.8. The lowest BCUT2D eigenvalue weighted by Gasteiger charge is -2.14.